The van der Waals surface area contributed by atoms with E-state index in [4.69, 9.17) is 10.4 Å². The predicted octanol–water partition coefficient (Wildman–Crippen LogP) is -0.162. The Morgan fingerprint density at radius 1 is 1.73 bits per heavy atom. The summed E-state index contributed by atoms with van der Waals surface area (Å²) in [4.78, 5) is 2.20. The van der Waals surface area contributed by atoms with E-state index in [2.05, 4.69) is 4.81 Å². The molecular formula is C7H16BN2O. The maximum Gasteiger partial charge on any atom is 0.398 e. The second-order valence-corrected chi connectivity index (χ2v) is 3.08. The number of hydrogen-bond donors (Lipinski definition) is 1. The van der Waals surface area contributed by atoms with Crippen LogP contribution in [-0.2, 0) is 4.65 Å². The molecule has 0 aromatic carbocycles. The smallest absolute Gasteiger partial charge is 0.398 e. The minimum absolute atomic E-state index is 0.662. The summed E-state index contributed by atoms with van der Waals surface area (Å²) in [5.41, 5.74) is 5.58. The van der Waals surface area contributed by atoms with Crippen LogP contribution in [0.25, 0.3) is 0 Å². The van der Waals surface area contributed by atoms with Gasteiger partial charge in [-0.15, -0.1) is 0 Å². The van der Waals surface area contributed by atoms with E-state index >= 15 is 0 Å². The standard InChI is InChI=1S/C7H16BN2O/c1-11-8-10-4-2-3-7(5-9)6-10/h7H,2-6,9H2,1H3. The van der Waals surface area contributed by atoms with Crippen molar-refractivity contribution < 1.29 is 4.65 Å². The van der Waals surface area contributed by atoms with Gasteiger partial charge in [0.2, 0.25) is 0 Å². The number of nitrogens with zero attached hydrogens (tertiary/aromatic N) is 1. The quantitative estimate of drug-likeness (QED) is 0.575. The topological polar surface area (TPSA) is 38.5 Å². The summed E-state index contributed by atoms with van der Waals surface area (Å²) in [5, 5.41) is 0. The number of nitrogens with two attached hydrogens (primary N) is 1. The molecule has 1 fully saturated rings. The molecule has 63 valence electrons. The third-order valence-electron chi connectivity index (χ3n) is 2.14. The normalized spacial score (nSPS) is 26.9. The van der Waals surface area contributed by atoms with Crippen LogP contribution in [0, 0.1) is 5.92 Å². The Bertz CT molecular complexity index is 111. The highest BCUT2D eigenvalue weighted by atomic mass is 16.4. The highest BCUT2D eigenvalue weighted by molar-refractivity contribution is 6.23. The molecule has 1 aliphatic heterocycles. The molecule has 0 bridgehead atoms. The summed E-state index contributed by atoms with van der Waals surface area (Å²) in [6, 6.07) is 0. The highest BCUT2D eigenvalue weighted by Crippen LogP contribution is 2.13. The first-order valence-electron chi connectivity index (χ1n) is 4.17. The Kier molecular flexibility index (Phi) is 3.90. The number of rotatable bonds is 3. The van der Waals surface area contributed by atoms with Crippen LogP contribution in [0.15, 0.2) is 0 Å². The zero-order chi connectivity index (χ0) is 8.10. The van der Waals surface area contributed by atoms with Gasteiger partial charge in [0.25, 0.3) is 0 Å². The Morgan fingerprint density at radius 3 is 3.18 bits per heavy atom. The molecule has 0 amide bonds. The molecule has 1 aliphatic rings. The first-order valence-corrected chi connectivity index (χ1v) is 4.17. The molecule has 2 N–H and O–H groups in total. The fraction of sp³-hybridized carbons (Fsp3) is 1.00. The van der Waals surface area contributed by atoms with E-state index < -0.39 is 0 Å². The lowest BCUT2D eigenvalue weighted by atomic mass is 9.94. The Morgan fingerprint density at radius 2 is 2.55 bits per heavy atom. The van der Waals surface area contributed by atoms with Gasteiger partial charge in [0.15, 0.2) is 0 Å². The summed E-state index contributed by atoms with van der Waals surface area (Å²) >= 11 is 0. The van der Waals surface area contributed by atoms with Crippen LogP contribution in [0.1, 0.15) is 12.8 Å². The zero-order valence-electron chi connectivity index (χ0n) is 7.12. The minimum atomic E-state index is 0.662. The third-order valence-corrected chi connectivity index (χ3v) is 2.14. The van der Waals surface area contributed by atoms with Crippen LogP contribution in [-0.4, -0.2) is 39.2 Å². The molecule has 0 aliphatic carbocycles. The summed E-state index contributed by atoms with van der Waals surface area (Å²) in [7, 11) is 3.48. The summed E-state index contributed by atoms with van der Waals surface area (Å²) < 4.78 is 4.93. The summed E-state index contributed by atoms with van der Waals surface area (Å²) in [6.45, 7) is 2.97. The molecule has 1 radical (unpaired) electrons. The van der Waals surface area contributed by atoms with E-state index in [1.165, 1.54) is 12.8 Å². The van der Waals surface area contributed by atoms with Crippen LogP contribution in [0.5, 0.6) is 0 Å². The maximum absolute atomic E-state index is 5.58. The van der Waals surface area contributed by atoms with E-state index in [1.54, 1.807) is 14.7 Å². The molecule has 1 unspecified atom stereocenters. The van der Waals surface area contributed by atoms with Crippen LogP contribution in [0.3, 0.4) is 0 Å². The van der Waals surface area contributed by atoms with Crippen LogP contribution in [0.4, 0.5) is 0 Å². The van der Waals surface area contributed by atoms with Crippen molar-refractivity contribution in [1.29, 1.82) is 0 Å². The first-order chi connectivity index (χ1) is 5.36. The summed E-state index contributed by atoms with van der Waals surface area (Å²) in [6.07, 6.45) is 2.51. The molecule has 4 heteroatoms. The molecule has 1 saturated heterocycles. The fourth-order valence-electron chi connectivity index (χ4n) is 1.53. The predicted molar refractivity (Wildman–Crippen MR) is 46.1 cm³/mol. The summed E-state index contributed by atoms with van der Waals surface area (Å²) in [5.74, 6) is 0.662. The van der Waals surface area contributed by atoms with Gasteiger partial charge in [-0.1, -0.05) is 0 Å². The van der Waals surface area contributed by atoms with Gasteiger partial charge in [0.05, 0.1) is 0 Å². The molecule has 0 aromatic heterocycles. The molecule has 0 aromatic rings. The van der Waals surface area contributed by atoms with Crippen molar-refractivity contribution in [2.45, 2.75) is 12.8 Å². The first kappa shape index (κ1) is 9.04. The van der Waals surface area contributed by atoms with Gasteiger partial charge >= 0.3 is 7.62 Å². The van der Waals surface area contributed by atoms with E-state index in [-0.39, 0.29) is 0 Å². The SMILES string of the molecule is CO[B]N1CCCC(CN)C1. The molecule has 11 heavy (non-hydrogen) atoms. The molecule has 0 spiro atoms. The average Bonchev–Trinajstić information content (AvgIpc) is 2.06. The van der Waals surface area contributed by atoms with E-state index in [9.17, 15) is 0 Å². The Hall–Kier alpha value is -0.0551. The molecule has 1 heterocycles. The van der Waals surface area contributed by atoms with Crippen molar-refractivity contribution in [2.24, 2.45) is 11.7 Å². The maximum atomic E-state index is 5.58. The van der Waals surface area contributed by atoms with Crippen molar-refractivity contribution in [3.8, 4) is 0 Å². The van der Waals surface area contributed by atoms with E-state index in [1.807, 2.05) is 0 Å². The van der Waals surface area contributed by atoms with Gasteiger partial charge in [-0.25, -0.2) is 0 Å². The average molecular weight is 155 g/mol. The number of hydrogen-bond acceptors (Lipinski definition) is 3. The van der Waals surface area contributed by atoms with Gasteiger partial charge in [0, 0.05) is 7.11 Å². The van der Waals surface area contributed by atoms with Gasteiger partial charge in [0.1, 0.15) is 0 Å². The minimum Gasteiger partial charge on any atom is -0.427 e. The molecule has 1 rings (SSSR count). The van der Waals surface area contributed by atoms with Gasteiger partial charge in [-0.3, -0.25) is 0 Å². The van der Waals surface area contributed by atoms with Gasteiger partial charge in [-0.05, 0) is 38.4 Å². The Labute approximate surface area is 69.2 Å². The van der Waals surface area contributed by atoms with Crippen LogP contribution < -0.4 is 5.73 Å². The van der Waals surface area contributed by atoms with Crippen molar-refractivity contribution in [3.63, 3.8) is 0 Å². The van der Waals surface area contributed by atoms with Crippen molar-refractivity contribution in [2.75, 3.05) is 26.7 Å². The van der Waals surface area contributed by atoms with Gasteiger partial charge < -0.3 is 15.2 Å². The van der Waals surface area contributed by atoms with E-state index in [0.717, 1.165) is 19.6 Å². The van der Waals surface area contributed by atoms with Crippen molar-refractivity contribution in [3.05, 3.63) is 0 Å². The van der Waals surface area contributed by atoms with Crippen LogP contribution >= 0.6 is 0 Å². The molecule has 3 nitrogen and oxygen atoms in total. The van der Waals surface area contributed by atoms with Gasteiger partial charge in [-0.2, -0.15) is 0 Å². The van der Waals surface area contributed by atoms with E-state index in [0.29, 0.717) is 5.92 Å². The second-order valence-electron chi connectivity index (χ2n) is 3.08. The lowest BCUT2D eigenvalue weighted by Gasteiger charge is -2.30. The molecule has 1 atom stereocenters. The third kappa shape index (κ3) is 2.81. The lowest BCUT2D eigenvalue weighted by molar-refractivity contribution is 0.244. The number of piperidine rings is 1. The second kappa shape index (κ2) is 4.75. The largest absolute Gasteiger partial charge is 0.427 e. The monoisotopic (exact) mass is 155 g/mol. The zero-order valence-corrected chi connectivity index (χ0v) is 7.12. The van der Waals surface area contributed by atoms with Crippen molar-refractivity contribution in [1.82, 2.24) is 4.81 Å². The molecule has 0 saturated carbocycles. The molecular weight excluding hydrogens is 139 g/mol. The Balaban J connectivity index is 2.21. The highest BCUT2D eigenvalue weighted by Gasteiger charge is 2.18. The fourth-order valence-corrected chi connectivity index (χ4v) is 1.53. The lowest BCUT2D eigenvalue weighted by Crippen LogP contribution is -2.41. The van der Waals surface area contributed by atoms with Crippen molar-refractivity contribution >= 4 is 7.62 Å². The van der Waals surface area contributed by atoms with Crippen LogP contribution in [0.2, 0.25) is 0 Å².